The number of allylic oxidation sites excluding steroid dienone is 5. The van der Waals surface area contributed by atoms with Gasteiger partial charge in [-0.05, 0) is 22.8 Å². The topological polar surface area (TPSA) is 43.4 Å². The van der Waals surface area contributed by atoms with Gasteiger partial charge in [0.15, 0.2) is 0 Å². The highest BCUT2D eigenvalue weighted by Crippen LogP contribution is 2.51. The van der Waals surface area contributed by atoms with Crippen molar-refractivity contribution >= 4 is 29.6 Å². The first-order valence-electron chi connectivity index (χ1n) is 8.75. The largest absolute Gasteiger partial charge is 0.469 e. The van der Waals surface area contributed by atoms with Gasteiger partial charge >= 0.3 is 5.97 Å². The quantitative estimate of drug-likeness (QED) is 0.541. The van der Waals surface area contributed by atoms with Crippen molar-refractivity contribution in [3.8, 4) is 0 Å². The Kier molecular flexibility index (Phi) is 7.22. The molecule has 0 amide bonds. The fourth-order valence-corrected chi connectivity index (χ4v) is 4.47. The zero-order valence-electron chi connectivity index (χ0n) is 15.4. The summed E-state index contributed by atoms with van der Waals surface area (Å²) in [6.07, 6.45) is 8.68. The molecule has 0 spiro atoms. The van der Waals surface area contributed by atoms with Crippen LogP contribution in [0, 0.1) is 11.8 Å². The second-order valence-electron chi connectivity index (χ2n) is 5.61. The summed E-state index contributed by atoms with van der Waals surface area (Å²) in [5.41, 5.74) is 3.17. The lowest BCUT2D eigenvalue weighted by atomic mass is 9.75. The summed E-state index contributed by atoms with van der Waals surface area (Å²) in [5, 5.41) is 0. The normalized spacial score (nSPS) is 21.9. The van der Waals surface area contributed by atoms with Crippen LogP contribution in [0.5, 0.6) is 0 Å². The van der Waals surface area contributed by atoms with E-state index >= 15 is 0 Å². The van der Waals surface area contributed by atoms with Gasteiger partial charge in [0, 0.05) is 22.1 Å². The van der Waals surface area contributed by atoms with Crippen LogP contribution in [0.15, 0.2) is 70.5 Å². The lowest BCUT2D eigenvalue weighted by molar-refractivity contribution is -0.145. The van der Waals surface area contributed by atoms with E-state index in [2.05, 4.69) is 18.7 Å². The number of fused-ring (bicyclic) bond motifs is 1. The zero-order valence-corrected chi connectivity index (χ0v) is 16.2. The predicted octanol–water partition coefficient (Wildman–Crippen LogP) is 5.21. The van der Waals surface area contributed by atoms with Crippen molar-refractivity contribution in [2.24, 2.45) is 11.8 Å². The van der Waals surface area contributed by atoms with Crippen LogP contribution in [0.2, 0.25) is 0 Å². The number of aldehydes is 1. The van der Waals surface area contributed by atoms with Gasteiger partial charge < -0.3 is 9.53 Å². The van der Waals surface area contributed by atoms with Gasteiger partial charge in [-0.2, -0.15) is 0 Å². The Morgan fingerprint density at radius 2 is 2.04 bits per heavy atom. The summed E-state index contributed by atoms with van der Waals surface area (Å²) in [5.74, 6) is -0.980. The van der Waals surface area contributed by atoms with Gasteiger partial charge in [0.25, 0.3) is 0 Å². The molecule has 0 aromatic heterocycles. The van der Waals surface area contributed by atoms with Crippen LogP contribution in [-0.2, 0) is 14.3 Å². The highest BCUT2D eigenvalue weighted by molar-refractivity contribution is 8.03. The Labute approximate surface area is 159 Å². The molecule has 1 heterocycles. The second kappa shape index (κ2) is 9.39. The van der Waals surface area contributed by atoms with Crippen molar-refractivity contribution in [3.05, 3.63) is 71.2 Å². The SMILES string of the molecule is C=C/C=C1\C2=C(C=CC(C(=O)OC)C2CC=O)Sc2ccccc21.CC. The summed E-state index contributed by atoms with van der Waals surface area (Å²) in [6.45, 7) is 7.82. The molecule has 1 aliphatic carbocycles. The van der Waals surface area contributed by atoms with E-state index in [4.69, 9.17) is 4.74 Å². The van der Waals surface area contributed by atoms with Crippen LogP contribution >= 0.6 is 11.8 Å². The van der Waals surface area contributed by atoms with Gasteiger partial charge in [0.1, 0.15) is 6.29 Å². The number of thioether (sulfide) groups is 1. The minimum atomic E-state index is -0.446. The molecule has 2 aliphatic rings. The van der Waals surface area contributed by atoms with E-state index in [9.17, 15) is 9.59 Å². The smallest absolute Gasteiger partial charge is 0.313 e. The lowest BCUT2D eigenvalue weighted by Gasteiger charge is -2.34. The first-order chi connectivity index (χ1) is 12.7. The minimum Gasteiger partial charge on any atom is -0.469 e. The fourth-order valence-electron chi connectivity index (χ4n) is 3.28. The van der Waals surface area contributed by atoms with Gasteiger partial charge in [0.2, 0.25) is 0 Å². The van der Waals surface area contributed by atoms with E-state index in [0.717, 1.165) is 32.8 Å². The van der Waals surface area contributed by atoms with E-state index in [1.165, 1.54) is 7.11 Å². The van der Waals surface area contributed by atoms with E-state index in [1.807, 2.05) is 44.2 Å². The van der Waals surface area contributed by atoms with Crippen molar-refractivity contribution in [1.82, 2.24) is 0 Å². The maximum atomic E-state index is 12.2. The van der Waals surface area contributed by atoms with Crippen LogP contribution in [0.25, 0.3) is 5.57 Å². The number of methoxy groups -OCH3 is 1. The lowest BCUT2D eigenvalue weighted by Crippen LogP contribution is -2.29. The summed E-state index contributed by atoms with van der Waals surface area (Å²) >= 11 is 1.67. The van der Waals surface area contributed by atoms with E-state index in [1.54, 1.807) is 17.8 Å². The monoisotopic (exact) mass is 368 g/mol. The average Bonchev–Trinajstić information content (AvgIpc) is 2.69. The van der Waals surface area contributed by atoms with Gasteiger partial charge in [-0.1, -0.05) is 74.7 Å². The molecule has 0 saturated carbocycles. The highest BCUT2D eigenvalue weighted by atomic mass is 32.2. The van der Waals surface area contributed by atoms with Gasteiger partial charge in [-0.3, -0.25) is 4.79 Å². The van der Waals surface area contributed by atoms with Crippen LogP contribution in [0.4, 0.5) is 0 Å². The fraction of sp³-hybridized carbons (Fsp3) is 0.273. The first kappa shape index (κ1) is 20.0. The molecule has 0 bridgehead atoms. The number of ether oxygens (including phenoxy) is 1. The molecule has 1 aromatic rings. The first-order valence-corrected chi connectivity index (χ1v) is 9.57. The molecule has 26 heavy (non-hydrogen) atoms. The number of carbonyl (C=O) groups excluding carboxylic acids is 2. The maximum absolute atomic E-state index is 12.2. The Morgan fingerprint density at radius 3 is 2.69 bits per heavy atom. The number of carbonyl (C=O) groups is 2. The molecule has 2 unspecified atom stereocenters. The van der Waals surface area contributed by atoms with E-state index in [-0.39, 0.29) is 18.3 Å². The standard InChI is InChI=1S/C20H18O3S.C2H6/c1-3-6-14-13-7-4-5-8-17(13)24-18-10-9-16(20(22)23-2)15(11-12-21)19(14)18;1-2/h3-10,12,15-16H,1,11H2,2H3;1-2H3/b14-6-;. The minimum absolute atomic E-state index is 0.220. The van der Waals surface area contributed by atoms with Crippen molar-refractivity contribution < 1.29 is 14.3 Å². The maximum Gasteiger partial charge on any atom is 0.313 e. The van der Waals surface area contributed by atoms with Gasteiger partial charge in [0.05, 0.1) is 13.0 Å². The molecule has 3 nitrogen and oxygen atoms in total. The van der Waals surface area contributed by atoms with Crippen LogP contribution < -0.4 is 0 Å². The van der Waals surface area contributed by atoms with Gasteiger partial charge in [-0.15, -0.1) is 0 Å². The molecule has 1 aromatic carbocycles. The number of hydrogen-bond acceptors (Lipinski definition) is 4. The Bertz CT molecular complexity index is 786. The van der Waals surface area contributed by atoms with Crippen molar-refractivity contribution in [2.75, 3.05) is 7.11 Å². The number of hydrogen-bond donors (Lipinski definition) is 0. The Morgan fingerprint density at radius 1 is 1.31 bits per heavy atom. The number of benzene rings is 1. The van der Waals surface area contributed by atoms with E-state index in [0.29, 0.717) is 0 Å². The second-order valence-corrected chi connectivity index (χ2v) is 6.69. The van der Waals surface area contributed by atoms with Crippen LogP contribution in [0.1, 0.15) is 25.8 Å². The van der Waals surface area contributed by atoms with Crippen molar-refractivity contribution in [3.63, 3.8) is 0 Å². The molecule has 136 valence electrons. The third kappa shape index (κ3) is 3.75. The summed E-state index contributed by atoms with van der Waals surface area (Å²) in [7, 11) is 1.38. The Balaban J connectivity index is 0.00000117. The highest BCUT2D eigenvalue weighted by Gasteiger charge is 2.37. The summed E-state index contributed by atoms with van der Waals surface area (Å²) < 4.78 is 4.94. The zero-order chi connectivity index (χ0) is 19.1. The van der Waals surface area contributed by atoms with Crippen molar-refractivity contribution in [2.45, 2.75) is 25.2 Å². The molecule has 0 radical (unpaired) electrons. The molecule has 1 aliphatic heterocycles. The number of esters is 1. The van der Waals surface area contributed by atoms with Gasteiger partial charge in [-0.25, -0.2) is 0 Å². The summed E-state index contributed by atoms with van der Waals surface area (Å²) in [6, 6.07) is 8.14. The molecule has 0 saturated heterocycles. The molecule has 3 rings (SSSR count). The molecule has 4 heteroatoms. The third-order valence-electron chi connectivity index (χ3n) is 4.32. The van der Waals surface area contributed by atoms with Crippen molar-refractivity contribution in [1.29, 1.82) is 0 Å². The summed E-state index contributed by atoms with van der Waals surface area (Å²) in [4.78, 5) is 25.7. The molecular weight excluding hydrogens is 344 g/mol. The average molecular weight is 368 g/mol. The third-order valence-corrected chi connectivity index (χ3v) is 5.47. The van der Waals surface area contributed by atoms with Crippen LogP contribution in [-0.4, -0.2) is 19.4 Å². The number of rotatable bonds is 4. The van der Waals surface area contributed by atoms with E-state index < -0.39 is 5.92 Å². The van der Waals surface area contributed by atoms with Crippen LogP contribution in [0.3, 0.4) is 0 Å². The Hall–Kier alpha value is -2.33. The predicted molar refractivity (Wildman–Crippen MR) is 108 cm³/mol. The molecule has 2 atom stereocenters. The molecule has 0 N–H and O–H groups in total. The molecular formula is C22H24O3S. The molecule has 0 fully saturated rings.